The number of hydrogen-bond donors (Lipinski definition) is 1. The van der Waals surface area contributed by atoms with Crippen molar-refractivity contribution in [2.24, 2.45) is 0 Å². The van der Waals surface area contributed by atoms with E-state index in [0.29, 0.717) is 0 Å². The number of nitrogens with one attached hydrogen (secondary N) is 1. The molecule has 0 aromatic heterocycles. The standard InChI is InChI=1S/C11H14N2O4/c1-2-17-11(14)10(12-13(15)16)8-9-6-4-3-5-7-9/h3-7,10,12H,2,8H2,1H3. The SMILES string of the molecule is CCOC(=O)C(Cc1ccccc1)N[N+](=O)[O-]. The van der Waals surface area contributed by atoms with Crippen LogP contribution in [0.3, 0.4) is 0 Å². The molecular weight excluding hydrogens is 224 g/mol. The Labute approximate surface area is 98.7 Å². The maximum atomic E-state index is 11.5. The van der Waals surface area contributed by atoms with Gasteiger partial charge in [0.25, 0.3) is 0 Å². The van der Waals surface area contributed by atoms with Crippen LogP contribution in [-0.2, 0) is 16.0 Å². The van der Waals surface area contributed by atoms with Gasteiger partial charge in [-0.25, -0.2) is 14.9 Å². The van der Waals surface area contributed by atoms with Crippen molar-refractivity contribution < 1.29 is 14.6 Å². The molecule has 6 nitrogen and oxygen atoms in total. The Balaban J connectivity index is 2.70. The van der Waals surface area contributed by atoms with Crippen LogP contribution in [0.5, 0.6) is 0 Å². The highest BCUT2D eigenvalue weighted by molar-refractivity contribution is 5.76. The zero-order chi connectivity index (χ0) is 12.7. The minimum Gasteiger partial charge on any atom is -0.464 e. The topological polar surface area (TPSA) is 81.5 Å². The lowest BCUT2D eigenvalue weighted by Crippen LogP contribution is -2.43. The molecule has 92 valence electrons. The van der Waals surface area contributed by atoms with Gasteiger partial charge < -0.3 is 4.74 Å². The maximum absolute atomic E-state index is 11.5. The van der Waals surface area contributed by atoms with Gasteiger partial charge in [0.15, 0.2) is 11.1 Å². The van der Waals surface area contributed by atoms with Gasteiger partial charge in [0.05, 0.1) is 6.61 Å². The van der Waals surface area contributed by atoms with Crippen LogP contribution in [0.2, 0.25) is 0 Å². The summed E-state index contributed by atoms with van der Waals surface area (Å²) in [4.78, 5) is 21.9. The molecule has 0 heterocycles. The summed E-state index contributed by atoms with van der Waals surface area (Å²) in [6.45, 7) is 1.85. The molecule has 1 atom stereocenters. The number of ether oxygens (including phenoxy) is 1. The van der Waals surface area contributed by atoms with Crippen LogP contribution in [0.15, 0.2) is 30.3 Å². The lowest BCUT2D eigenvalue weighted by molar-refractivity contribution is -0.548. The number of benzene rings is 1. The quantitative estimate of drug-likeness (QED) is 0.453. The molecule has 0 aliphatic heterocycles. The van der Waals surface area contributed by atoms with Crippen molar-refractivity contribution in [1.29, 1.82) is 0 Å². The van der Waals surface area contributed by atoms with Gasteiger partial charge in [-0.15, -0.1) is 5.43 Å². The van der Waals surface area contributed by atoms with E-state index in [9.17, 15) is 14.9 Å². The summed E-state index contributed by atoms with van der Waals surface area (Å²) in [6, 6.07) is 8.09. The number of hydrazine groups is 1. The minimum absolute atomic E-state index is 0.198. The lowest BCUT2D eigenvalue weighted by Gasteiger charge is -2.12. The number of esters is 1. The second-order valence-corrected chi connectivity index (χ2v) is 3.38. The first kappa shape index (κ1) is 13.0. The fraction of sp³-hybridized carbons (Fsp3) is 0.364. The van der Waals surface area contributed by atoms with Gasteiger partial charge >= 0.3 is 5.97 Å². The fourth-order valence-corrected chi connectivity index (χ4v) is 1.40. The van der Waals surface area contributed by atoms with E-state index in [4.69, 9.17) is 4.74 Å². The highest BCUT2D eigenvalue weighted by Crippen LogP contribution is 2.04. The van der Waals surface area contributed by atoms with E-state index in [1.54, 1.807) is 19.1 Å². The molecule has 0 saturated carbocycles. The van der Waals surface area contributed by atoms with Crippen molar-refractivity contribution in [3.63, 3.8) is 0 Å². The molecule has 0 aliphatic carbocycles. The number of carbonyl (C=O) groups is 1. The summed E-state index contributed by atoms with van der Waals surface area (Å²) in [5, 5.41) is 9.66. The predicted octanol–water partition coefficient (Wildman–Crippen LogP) is 0.942. The van der Waals surface area contributed by atoms with Crippen LogP contribution in [0, 0.1) is 10.1 Å². The van der Waals surface area contributed by atoms with Crippen LogP contribution < -0.4 is 5.43 Å². The van der Waals surface area contributed by atoms with Gasteiger partial charge in [0.1, 0.15) is 0 Å². The highest BCUT2D eigenvalue weighted by Gasteiger charge is 2.24. The van der Waals surface area contributed by atoms with E-state index in [2.05, 4.69) is 0 Å². The Morgan fingerprint density at radius 3 is 2.65 bits per heavy atom. The molecule has 0 aliphatic rings. The van der Waals surface area contributed by atoms with Crippen molar-refractivity contribution in [1.82, 2.24) is 5.43 Å². The molecule has 17 heavy (non-hydrogen) atoms. The summed E-state index contributed by atoms with van der Waals surface area (Å²) in [6.07, 6.45) is 0.223. The Kier molecular flexibility index (Phi) is 4.93. The van der Waals surface area contributed by atoms with Gasteiger partial charge in [-0.05, 0) is 12.5 Å². The van der Waals surface area contributed by atoms with Gasteiger partial charge in [-0.1, -0.05) is 30.3 Å². The molecule has 0 radical (unpaired) electrons. The highest BCUT2D eigenvalue weighted by atomic mass is 16.7. The molecule has 0 fully saturated rings. The lowest BCUT2D eigenvalue weighted by atomic mass is 10.1. The largest absolute Gasteiger partial charge is 0.464 e. The second kappa shape index (κ2) is 6.47. The van der Waals surface area contributed by atoms with Gasteiger partial charge in [-0.3, -0.25) is 0 Å². The Bertz CT molecular complexity index is 380. The summed E-state index contributed by atoms with van der Waals surface area (Å²) in [7, 11) is 0. The van der Waals surface area contributed by atoms with E-state index < -0.39 is 17.0 Å². The van der Waals surface area contributed by atoms with Crippen LogP contribution in [-0.4, -0.2) is 23.7 Å². The van der Waals surface area contributed by atoms with Gasteiger partial charge in [-0.2, -0.15) is 0 Å². The monoisotopic (exact) mass is 238 g/mol. The number of rotatable bonds is 6. The first-order chi connectivity index (χ1) is 8.13. The summed E-state index contributed by atoms with van der Waals surface area (Å²) >= 11 is 0. The van der Waals surface area contributed by atoms with E-state index >= 15 is 0 Å². The first-order valence-corrected chi connectivity index (χ1v) is 5.24. The van der Waals surface area contributed by atoms with Crippen LogP contribution in [0.4, 0.5) is 0 Å². The molecule has 0 saturated heterocycles. The van der Waals surface area contributed by atoms with E-state index in [1.165, 1.54) is 0 Å². The Hall–Kier alpha value is -2.11. The molecule has 0 bridgehead atoms. The molecule has 6 heteroatoms. The summed E-state index contributed by atoms with van der Waals surface area (Å²) in [5.41, 5.74) is 2.79. The zero-order valence-electron chi connectivity index (χ0n) is 9.46. The van der Waals surface area contributed by atoms with Gasteiger partial charge in [0, 0.05) is 6.42 Å². The minimum atomic E-state index is -0.965. The molecule has 0 spiro atoms. The zero-order valence-corrected chi connectivity index (χ0v) is 9.46. The first-order valence-electron chi connectivity index (χ1n) is 5.24. The second-order valence-electron chi connectivity index (χ2n) is 3.38. The predicted molar refractivity (Wildman–Crippen MR) is 60.7 cm³/mol. The van der Waals surface area contributed by atoms with Crippen molar-refractivity contribution in [3.05, 3.63) is 46.0 Å². The Morgan fingerprint density at radius 2 is 2.12 bits per heavy atom. The number of nitro groups is 1. The summed E-state index contributed by atoms with van der Waals surface area (Å²) in [5.74, 6) is -0.618. The third kappa shape index (κ3) is 4.50. The Morgan fingerprint density at radius 1 is 1.47 bits per heavy atom. The molecule has 1 N–H and O–H groups in total. The maximum Gasteiger partial charge on any atom is 0.334 e. The molecular formula is C11H14N2O4. The van der Waals surface area contributed by atoms with E-state index in [1.807, 2.05) is 23.6 Å². The van der Waals surface area contributed by atoms with Crippen LogP contribution >= 0.6 is 0 Å². The average molecular weight is 238 g/mol. The van der Waals surface area contributed by atoms with Gasteiger partial charge in [0.2, 0.25) is 0 Å². The smallest absolute Gasteiger partial charge is 0.334 e. The molecule has 0 amide bonds. The fourth-order valence-electron chi connectivity index (χ4n) is 1.40. The third-order valence-electron chi connectivity index (χ3n) is 2.12. The van der Waals surface area contributed by atoms with Crippen molar-refractivity contribution in [2.75, 3.05) is 6.61 Å². The van der Waals surface area contributed by atoms with E-state index in [0.717, 1.165) is 5.56 Å². The average Bonchev–Trinajstić information content (AvgIpc) is 2.29. The third-order valence-corrected chi connectivity index (χ3v) is 2.12. The molecule has 1 aromatic carbocycles. The number of hydrogen-bond acceptors (Lipinski definition) is 4. The number of carbonyl (C=O) groups excluding carboxylic acids is 1. The van der Waals surface area contributed by atoms with Crippen molar-refractivity contribution in [2.45, 2.75) is 19.4 Å². The molecule has 1 unspecified atom stereocenters. The van der Waals surface area contributed by atoms with Crippen molar-refractivity contribution in [3.8, 4) is 0 Å². The molecule has 1 aromatic rings. The summed E-state index contributed by atoms with van der Waals surface area (Å²) < 4.78 is 4.77. The number of nitrogens with zero attached hydrogens (tertiary/aromatic N) is 1. The van der Waals surface area contributed by atoms with Crippen LogP contribution in [0.1, 0.15) is 12.5 Å². The van der Waals surface area contributed by atoms with Crippen molar-refractivity contribution >= 4 is 5.97 Å². The normalized spacial score (nSPS) is 11.6. The molecule has 1 rings (SSSR count). The van der Waals surface area contributed by atoms with E-state index in [-0.39, 0.29) is 13.0 Å². The van der Waals surface area contributed by atoms with Crippen LogP contribution in [0.25, 0.3) is 0 Å².